The highest BCUT2D eigenvalue weighted by Crippen LogP contribution is 2.33. The number of allylic oxidation sites excluding steroid dienone is 8. The monoisotopic (exact) mass is 776 g/mol. The second kappa shape index (κ2) is 22.0. The minimum absolute atomic E-state index is 0.0357. The normalized spacial score (nSPS) is 27.7. The first kappa shape index (κ1) is 45.5. The van der Waals surface area contributed by atoms with Gasteiger partial charge in [-0.2, -0.15) is 0 Å². The fraction of sp³-hybridized carbons (Fsp3) is 0.442. The Labute approximate surface area is 328 Å². The van der Waals surface area contributed by atoms with E-state index >= 15 is 0 Å². The molecule has 2 aromatic heterocycles. The lowest BCUT2D eigenvalue weighted by atomic mass is 9.79. The van der Waals surface area contributed by atoms with Crippen LogP contribution in [0.3, 0.4) is 0 Å². The Morgan fingerprint density at radius 1 is 0.696 bits per heavy atom. The molecule has 0 aromatic carbocycles. The Hall–Kier alpha value is -4.92. The first-order chi connectivity index (χ1) is 26.6. The zero-order chi connectivity index (χ0) is 41.3. The van der Waals surface area contributed by atoms with E-state index in [1.165, 1.54) is 49.0 Å². The van der Waals surface area contributed by atoms with Crippen molar-refractivity contribution in [2.75, 3.05) is 7.11 Å². The van der Waals surface area contributed by atoms with Crippen LogP contribution in [-0.4, -0.2) is 92.2 Å². The van der Waals surface area contributed by atoms with E-state index in [1.54, 1.807) is 103 Å². The molecule has 0 fully saturated rings. The zero-order valence-corrected chi connectivity index (χ0v) is 33.1. The minimum atomic E-state index is -1.29. The van der Waals surface area contributed by atoms with E-state index in [4.69, 9.17) is 23.0 Å². The predicted molar refractivity (Wildman–Crippen MR) is 211 cm³/mol. The second-order valence-corrected chi connectivity index (χ2v) is 14.4. The number of ether oxygens (including phenoxy) is 3. The van der Waals surface area contributed by atoms with Gasteiger partial charge in [0.15, 0.2) is 17.3 Å². The number of carbonyl (C=O) groups is 2. The van der Waals surface area contributed by atoms with Crippen LogP contribution in [0.5, 0.6) is 0 Å². The van der Waals surface area contributed by atoms with E-state index in [9.17, 15) is 30.0 Å². The molecule has 1 aliphatic heterocycles. The number of nitrogens with zero attached hydrogens (tertiary/aromatic N) is 2. The van der Waals surface area contributed by atoms with E-state index in [0.717, 1.165) is 0 Å². The molecule has 3 rings (SSSR count). The first-order valence-corrected chi connectivity index (χ1v) is 18.5. The maximum atomic E-state index is 13.2. The number of aliphatic hydroxyl groups excluding tert-OH is 4. The van der Waals surface area contributed by atoms with Crippen molar-refractivity contribution in [3.05, 3.63) is 127 Å². The summed E-state index contributed by atoms with van der Waals surface area (Å²) < 4.78 is 28.0. The van der Waals surface area contributed by atoms with E-state index in [2.05, 4.69) is 9.97 Å². The Kier molecular flexibility index (Phi) is 17.8. The molecule has 3 heterocycles. The number of oxazole rings is 2. The van der Waals surface area contributed by atoms with Crippen LogP contribution in [0.2, 0.25) is 0 Å². The van der Waals surface area contributed by atoms with Gasteiger partial charge in [-0.3, -0.25) is 0 Å². The molecule has 4 N–H and O–H groups in total. The Morgan fingerprint density at radius 2 is 1.23 bits per heavy atom. The van der Waals surface area contributed by atoms with Crippen molar-refractivity contribution in [3.8, 4) is 0 Å². The number of esters is 2. The lowest BCUT2D eigenvalue weighted by Crippen LogP contribution is -2.42. The maximum Gasteiger partial charge on any atom is 0.360 e. The van der Waals surface area contributed by atoms with Crippen LogP contribution in [0.4, 0.5) is 0 Å². The molecular formula is C43H56N2O11. The average molecular weight is 777 g/mol. The number of carbonyl (C=O) groups excluding carboxylic acids is 2. The average Bonchev–Trinajstić information content (AvgIpc) is 3.85. The van der Waals surface area contributed by atoms with E-state index in [0.29, 0.717) is 0 Å². The lowest BCUT2D eigenvalue weighted by Gasteiger charge is -2.35. The van der Waals surface area contributed by atoms with Crippen molar-refractivity contribution >= 4 is 18.0 Å². The summed E-state index contributed by atoms with van der Waals surface area (Å²) in [5, 5.41) is 43.2. The molecule has 7 atom stereocenters. The van der Waals surface area contributed by atoms with Crippen molar-refractivity contribution in [2.24, 2.45) is 10.8 Å². The molecular weight excluding hydrogens is 720 g/mol. The van der Waals surface area contributed by atoms with E-state index in [1.807, 2.05) is 6.08 Å². The molecule has 0 saturated heterocycles. The second-order valence-electron chi connectivity index (χ2n) is 14.4. The molecule has 0 radical (unpaired) electrons. The minimum Gasteiger partial charge on any atom is -0.453 e. The maximum absolute atomic E-state index is 13.2. The highest BCUT2D eigenvalue weighted by atomic mass is 16.6. The lowest BCUT2D eigenvalue weighted by molar-refractivity contribution is -0.0425. The van der Waals surface area contributed by atoms with Crippen LogP contribution in [0.1, 0.15) is 87.1 Å². The van der Waals surface area contributed by atoms with Gasteiger partial charge in [-0.05, 0) is 38.8 Å². The molecule has 2 aromatic rings. The molecule has 0 saturated carbocycles. The molecule has 0 aliphatic carbocycles. The van der Waals surface area contributed by atoms with Gasteiger partial charge in [-0.15, -0.1) is 0 Å². The molecule has 7 unspecified atom stereocenters. The summed E-state index contributed by atoms with van der Waals surface area (Å²) in [6.07, 6.45) is 22.8. The molecule has 304 valence electrons. The molecule has 13 heteroatoms. The van der Waals surface area contributed by atoms with Crippen molar-refractivity contribution in [1.29, 1.82) is 0 Å². The van der Waals surface area contributed by atoms with E-state index < -0.39 is 65.5 Å². The van der Waals surface area contributed by atoms with Gasteiger partial charge in [-0.25, -0.2) is 19.6 Å². The summed E-state index contributed by atoms with van der Waals surface area (Å²) in [7, 11) is 1.54. The fourth-order valence-electron chi connectivity index (χ4n) is 5.42. The van der Waals surface area contributed by atoms with E-state index in [-0.39, 0.29) is 42.4 Å². The van der Waals surface area contributed by atoms with Crippen LogP contribution in [0.15, 0.2) is 113 Å². The van der Waals surface area contributed by atoms with Gasteiger partial charge < -0.3 is 43.5 Å². The number of cyclic esters (lactones) is 2. The number of rotatable bonds is 3. The van der Waals surface area contributed by atoms with Crippen molar-refractivity contribution in [1.82, 2.24) is 9.97 Å². The van der Waals surface area contributed by atoms with Crippen LogP contribution >= 0.6 is 0 Å². The van der Waals surface area contributed by atoms with Gasteiger partial charge in [0.2, 0.25) is 5.89 Å². The Morgan fingerprint density at radius 3 is 1.84 bits per heavy atom. The largest absolute Gasteiger partial charge is 0.453 e. The standard InChI is InChI=1S/C43H56N2O11/c1-8-18-36-42(3,4)34(48)23-14-12-10-11-13-20-29(52-7)26-39-45-31(28-54-39)41(51)56-37(19-9-2)43(5,6)35(49)24-17-22-33(47)32(46)21-15-16-25-38-44-30(27-53-38)40(50)55-36/h8-22,25,27-29,32-37,46-49H,23-24,26H2,1-7H3. The van der Waals surface area contributed by atoms with Crippen LogP contribution in [0.25, 0.3) is 6.08 Å². The zero-order valence-electron chi connectivity index (χ0n) is 33.1. The summed E-state index contributed by atoms with van der Waals surface area (Å²) >= 11 is 0. The van der Waals surface area contributed by atoms with Crippen LogP contribution in [0, 0.1) is 10.8 Å². The van der Waals surface area contributed by atoms with Gasteiger partial charge in [0.1, 0.15) is 36.9 Å². The Bertz CT molecular complexity index is 1790. The van der Waals surface area contributed by atoms with Crippen molar-refractivity contribution in [3.63, 3.8) is 0 Å². The van der Waals surface area contributed by atoms with Gasteiger partial charge in [0.25, 0.3) is 0 Å². The first-order valence-electron chi connectivity index (χ1n) is 18.5. The predicted octanol–water partition coefficient (Wildman–Crippen LogP) is 6.21. The number of aliphatic hydroxyl groups is 4. The molecule has 4 bridgehead atoms. The van der Waals surface area contributed by atoms with Crippen molar-refractivity contribution < 1.29 is 53.1 Å². The third-order valence-corrected chi connectivity index (χ3v) is 9.41. The molecule has 1 aliphatic rings. The number of hydrogen-bond donors (Lipinski definition) is 4. The highest BCUT2D eigenvalue weighted by molar-refractivity contribution is 5.87. The van der Waals surface area contributed by atoms with Crippen LogP contribution in [-0.2, 0) is 20.6 Å². The quantitative estimate of drug-likeness (QED) is 0.203. The number of aromatic nitrogens is 2. The summed E-state index contributed by atoms with van der Waals surface area (Å²) in [5.74, 6) is -1.10. The summed E-state index contributed by atoms with van der Waals surface area (Å²) in [6.45, 7) is 10.7. The third kappa shape index (κ3) is 13.4. The molecule has 0 spiro atoms. The third-order valence-electron chi connectivity index (χ3n) is 9.41. The number of methoxy groups -OCH3 is 1. The smallest absolute Gasteiger partial charge is 0.360 e. The topological polar surface area (TPSA) is 195 Å². The number of fused-ring (bicyclic) bond motifs is 4. The van der Waals surface area contributed by atoms with Gasteiger partial charge >= 0.3 is 11.9 Å². The van der Waals surface area contributed by atoms with Gasteiger partial charge in [0, 0.05) is 24.0 Å². The molecule has 13 nitrogen and oxygen atoms in total. The summed E-state index contributed by atoms with van der Waals surface area (Å²) in [5.41, 5.74) is -1.95. The molecule has 56 heavy (non-hydrogen) atoms. The SMILES string of the molecule is CC=CC1OC(=O)c2coc(n2)C=CC=CC(O)C(O)C=CCC(O)C(C)(C)C(C=CC)OC(=O)c2coc(n2)CC(OC)C=CC=CC=CCC(O)C1(C)C. The Balaban J connectivity index is 1.86. The van der Waals surface area contributed by atoms with Crippen molar-refractivity contribution in [2.45, 2.75) is 104 Å². The molecule has 0 amide bonds. The highest BCUT2D eigenvalue weighted by Gasteiger charge is 2.39. The van der Waals surface area contributed by atoms with Gasteiger partial charge in [0.05, 0.1) is 24.7 Å². The van der Waals surface area contributed by atoms with Gasteiger partial charge in [-0.1, -0.05) is 107 Å². The number of hydrogen-bond acceptors (Lipinski definition) is 13. The summed E-state index contributed by atoms with van der Waals surface area (Å²) in [4.78, 5) is 34.7. The van der Waals surface area contributed by atoms with Crippen LogP contribution < -0.4 is 0 Å². The fourth-order valence-corrected chi connectivity index (χ4v) is 5.42. The summed E-state index contributed by atoms with van der Waals surface area (Å²) in [6, 6.07) is 0.